The number of rotatable bonds is 11. The average Bonchev–Trinajstić information content (AvgIpc) is 3.02. The minimum absolute atomic E-state index is 0.0275. The first-order chi connectivity index (χ1) is 20.3. The molecule has 1 atom stereocenters. The largest absolute Gasteiger partial charge is 0.489 e. The van der Waals surface area contributed by atoms with E-state index in [1.54, 1.807) is 13.0 Å². The monoisotopic (exact) mass is 574 g/mol. The second-order valence-electron chi connectivity index (χ2n) is 9.68. The fourth-order valence-corrected chi connectivity index (χ4v) is 4.50. The highest BCUT2D eigenvalue weighted by atomic mass is 16.6. The topological polar surface area (TPSA) is 138 Å². The van der Waals surface area contributed by atoms with Gasteiger partial charge in [-0.3, -0.25) is 14.4 Å². The van der Waals surface area contributed by atoms with E-state index in [-0.39, 0.29) is 57.9 Å². The van der Waals surface area contributed by atoms with Crippen LogP contribution >= 0.6 is 0 Å². The van der Waals surface area contributed by atoms with Crippen molar-refractivity contribution in [3.8, 4) is 17.0 Å². The number of carbonyl (C=O) groups is 4. The molecule has 0 bridgehead atoms. The van der Waals surface area contributed by atoms with Crippen molar-refractivity contribution in [3.05, 3.63) is 84.1 Å². The molecule has 1 fully saturated rings. The third-order valence-corrected chi connectivity index (χ3v) is 6.72. The van der Waals surface area contributed by atoms with Gasteiger partial charge in [0.2, 0.25) is 5.91 Å². The van der Waals surface area contributed by atoms with Crippen molar-refractivity contribution < 1.29 is 33.8 Å². The normalized spacial score (nSPS) is 13.6. The summed E-state index contributed by atoms with van der Waals surface area (Å²) >= 11 is 0. The first-order valence-corrected chi connectivity index (χ1v) is 13.8. The number of aromatic nitrogens is 1. The van der Waals surface area contributed by atoms with Gasteiger partial charge in [-0.05, 0) is 18.9 Å². The minimum atomic E-state index is -1.10. The molecule has 0 aliphatic carbocycles. The van der Waals surface area contributed by atoms with E-state index >= 15 is 0 Å². The average molecular weight is 575 g/mol. The van der Waals surface area contributed by atoms with Crippen LogP contribution in [0.4, 0.5) is 4.79 Å². The van der Waals surface area contributed by atoms with Gasteiger partial charge < -0.3 is 29.7 Å². The van der Waals surface area contributed by atoms with Gasteiger partial charge in [-0.25, -0.2) is 9.78 Å². The number of carboxylic acids is 1. The molecular weight excluding hydrogens is 540 g/mol. The van der Waals surface area contributed by atoms with Gasteiger partial charge >= 0.3 is 12.1 Å². The summed E-state index contributed by atoms with van der Waals surface area (Å²) in [4.78, 5) is 57.9. The number of hydrogen-bond acceptors (Lipinski definition) is 7. The van der Waals surface area contributed by atoms with Crippen molar-refractivity contribution in [1.82, 2.24) is 20.1 Å². The zero-order valence-electron chi connectivity index (χ0n) is 23.4. The molecule has 0 spiro atoms. The third-order valence-electron chi connectivity index (χ3n) is 6.72. The maximum atomic E-state index is 13.5. The number of ether oxygens (including phenoxy) is 2. The summed E-state index contributed by atoms with van der Waals surface area (Å²) in [7, 11) is 0. The van der Waals surface area contributed by atoms with Crippen molar-refractivity contribution in [1.29, 1.82) is 0 Å². The van der Waals surface area contributed by atoms with Crippen LogP contribution in [0.5, 0.6) is 5.75 Å². The Bertz CT molecular complexity index is 1380. The highest BCUT2D eigenvalue weighted by molar-refractivity contribution is 5.97. The van der Waals surface area contributed by atoms with Gasteiger partial charge in [0.1, 0.15) is 24.1 Å². The Morgan fingerprint density at radius 2 is 1.57 bits per heavy atom. The first-order valence-electron chi connectivity index (χ1n) is 13.8. The standard InChI is InChI=1S/C31H34N4O7/c1-2-41-31(40)35-17-15-34(16-18-35)30(39)25(13-14-28(36)37)33-29(38)27-20-24(42-21-22-9-5-3-6-10-22)19-26(32-27)23-11-7-4-8-12-23/h3-12,19-20,25H,2,13-18,21H2,1H3,(H,33,38)(H,36,37)/t25-/m0/s1. The molecule has 1 saturated heterocycles. The van der Waals surface area contributed by atoms with Gasteiger partial charge in [0.25, 0.3) is 5.91 Å². The van der Waals surface area contributed by atoms with E-state index in [1.165, 1.54) is 15.9 Å². The predicted octanol–water partition coefficient (Wildman–Crippen LogP) is 3.59. The molecule has 2 aromatic carbocycles. The van der Waals surface area contributed by atoms with E-state index in [0.29, 0.717) is 11.4 Å². The highest BCUT2D eigenvalue weighted by Gasteiger charge is 2.31. The SMILES string of the molecule is CCOC(=O)N1CCN(C(=O)[C@H](CCC(=O)O)NC(=O)c2cc(OCc3ccccc3)cc(-c3ccccc3)n2)CC1. The van der Waals surface area contributed by atoms with E-state index < -0.39 is 29.9 Å². The summed E-state index contributed by atoms with van der Waals surface area (Å²) in [5, 5.41) is 12.0. The molecule has 1 aliphatic heterocycles. The Balaban J connectivity index is 1.53. The number of benzene rings is 2. The Labute approximate surface area is 244 Å². The molecule has 2 N–H and O–H groups in total. The Morgan fingerprint density at radius 3 is 2.21 bits per heavy atom. The van der Waals surface area contributed by atoms with Crippen molar-refractivity contribution in [3.63, 3.8) is 0 Å². The molecule has 11 heteroatoms. The van der Waals surface area contributed by atoms with E-state index in [1.807, 2.05) is 60.7 Å². The molecular formula is C31H34N4O7. The second kappa shape index (κ2) is 14.6. The van der Waals surface area contributed by atoms with Crippen LogP contribution in [-0.4, -0.2) is 82.6 Å². The van der Waals surface area contributed by atoms with Crippen molar-refractivity contribution >= 4 is 23.9 Å². The molecule has 3 amide bonds. The van der Waals surface area contributed by atoms with E-state index in [0.717, 1.165) is 11.1 Å². The predicted molar refractivity (Wildman–Crippen MR) is 154 cm³/mol. The number of piperazine rings is 1. The summed E-state index contributed by atoms with van der Waals surface area (Å²) in [5.41, 5.74) is 2.26. The number of amides is 3. The minimum Gasteiger partial charge on any atom is -0.489 e. The summed E-state index contributed by atoms with van der Waals surface area (Å²) < 4.78 is 11.0. The second-order valence-corrected chi connectivity index (χ2v) is 9.68. The zero-order valence-corrected chi connectivity index (χ0v) is 23.4. The van der Waals surface area contributed by atoms with Gasteiger partial charge in [-0.2, -0.15) is 0 Å². The van der Waals surface area contributed by atoms with Crippen molar-refractivity contribution in [2.45, 2.75) is 32.4 Å². The van der Waals surface area contributed by atoms with E-state index in [9.17, 15) is 24.3 Å². The molecule has 0 saturated carbocycles. The summed E-state index contributed by atoms with van der Waals surface area (Å²) in [6, 6.07) is 21.0. The Kier molecular flexibility index (Phi) is 10.5. The zero-order chi connectivity index (χ0) is 29.9. The van der Waals surface area contributed by atoms with Gasteiger partial charge in [-0.15, -0.1) is 0 Å². The van der Waals surface area contributed by atoms with Crippen LogP contribution in [0.15, 0.2) is 72.8 Å². The van der Waals surface area contributed by atoms with Gasteiger partial charge in [0.05, 0.1) is 12.3 Å². The van der Waals surface area contributed by atoms with Gasteiger partial charge in [0, 0.05) is 50.3 Å². The van der Waals surface area contributed by atoms with Gasteiger partial charge in [0.15, 0.2) is 0 Å². The molecule has 220 valence electrons. The van der Waals surface area contributed by atoms with Crippen LogP contribution in [0.25, 0.3) is 11.3 Å². The van der Waals surface area contributed by atoms with Crippen LogP contribution in [0.1, 0.15) is 35.8 Å². The smallest absolute Gasteiger partial charge is 0.409 e. The molecule has 0 radical (unpaired) electrons. The molecule has 42 heavy (non-hydrogen) atoms. The number of carboxylic acid groups (broad SMARTS) is 1. The van der Waals surface area contributed by atoms with Crippen LogP contribution in [0, 0.1) is 0 Å². The number of hydrogen-bond donors (Lipinski definition) is 2. The van der Waals surface area contributed by atoms with Crippen LogP contribution in [0.2, 0.25) is 0 Å². The van der Waals surface area contributed by atoms with Crippen molar-refractivity contribution in [2.75, 3.05) is 32.8 Å². The van der Waals surface area contributed by atoms with E-state index in [2.05, 4.69) is 10.3 Å². The van der Waals surface area contributed by atoms with Crippen LogP contribution in [0.3, 0.4) is 0 Å². The van der Waals surface area contributed by atoms with Crippen molar-refractivity contribution in [2.24, 2.45) is 0 Å². The lowest BCUT2D eigenvalue weighted by atomic mass is 10.1. The van der Waals surface area contributed by atoms with Gasteiger partial charge in [-0.1, -0.05) is 60.7 Å². The quantitative estimate of drug-likeness (QED) is 0.354. The molecule has 3 aromatic rings. The maximum absolute atomic E-state index is 13.5. The Hall–Kier alpha value is -4.93. The van der Waals surface area contributed by atoms with E-state index in [4.69, 9.17) is 9.47 Å². The summed E-state index contributed by atoms with van der Waals surface area (Å²) in [6.07, 6.45) is -0.870. The summed E-state index contributed by atoms with van der Waals surface area (Å²) in [6.45, 7) is 3.25. The number of nitrogens with zero attached hydrogens (tertiary/aromatic N) is 3. The molecule has 2 heterocycles. The number of nitrogens with one attached hydrogen (secondary N) is 1. The number of pyridine rings is 1. The molecule has 1 aromatic heterocycles. The summed E-state index contributed by atoms with van der Waals surface area (Å²) in [5.74, 6) is -1.73. The Morgan fingerprint density at radius 1 is 0.929 bits per heavy atom. The fourth-order valence-electron chi connectivity index (χ4n) is 4.50. The molecule has 1 aliphatic rings. The highest BCUT2D eigenvalue weighted by Crippen LogP contribution is 2.24. The molecule has 4 rings (SSSR count). The fraction of sp³-hybridized carbons (Fsp3) is 0.323. The molecule has 11 nitrogen and oxygen atoms in total. The number of carbonyl (C=O) groups excluding carboxylic acids is 3. The van der Waals surface area contributed by atoms with Crippen LogP contribution < -0.4 is 10.1 Å². The lowest BCUT2D eigenvalue weighted by molar-refractivity contribution is -0.138. The van der Waals surface area contributed by atoms with Crippen LogP contribution in [-0.2, 0) is 20.9 Å². The maximum Gasteiger partial charge on any atom is 0.409 e. The molecule has 0 unspecified atom stereocenters. The lowest BCUT2D eigenvalue weighted by Crippen LogP contribution is -2.56. The lowest BCUT2D eigenvalue weighted by Gasteiger charge is -2.35. The first kappa shape index (κ1) is 30.0. The third kappa shape index (κ3) is 8.29. The number of aliphatic carboxylic acids is 1.